The Balaban J connectivity index is 4.27. The fraction of sp³-hybridized carbons (Fsp3) is 0.831. The van der Waals surface area contributed by atoms with Crippen molar-refractivity contribution < 1.29 is 28.6 Å². The lowest BCUT2D eigenvalue weighted by atomic mass is 10.0. The van der Waals surface area contributed by atoms with Gasteiger partial charge in [0.25, 0.3) is 0 Å². The summed E-state index contributed by atoms with van der Waals surface area (Å²) < 4.78 is 17.0. The summed E-state index contributed by atoms with van der Waals surface area (Å²) >= 11 is 0. The molecule has 0 N–H and O–H groups in total. The molecule has 0 aromatic rings. The third-order valence-corrected chi connectivity index (χ3v) is 16.5. The summed E-state index contributed by atoms with van der Waals surface area (Å²) in [5, 5.41) is 0. The van der Waals surface area contributed by atoms with Gasteiger partial charge in [-0.05, 0) is 109 Å². The molecule has 0 amide bonds. The molecule has 0 heterocycles. The number of carbonyl (C=O) groups is 3. The van der Waals surface area contributed by atoms with Crippen molar-refractivity contribution in [3.8, 4) is 0 Å². The Hall–Kier alpha value is -2.89. The van der Waals surface area contributed by atoms with Gasteiger partial charge in [0.05, 0.1) is 0 Å². The maximum Gasteiger partial charge on any atom is 0.306 e. The van der Waals surface area contributed by atoms with Crippen LogP contribution in [0.4, 0.5) is 0 Å². The molecule has 484 valence electrons. The molecule has 0 aromatic carbocycles. The van der Waals surface area contributed by atoms with Crippen LogP contribution in [0.1, 0.15) is 393 Å². The molecule has 0 saturated carbocycles. The van der Waals surface area contributed by atoms with Gasteiger partial charge in [-0.15, -0.1) is 0 Å². The van der Waals surface area contributed by atoms with Crippen molar-refractivity contribution in [2.75, 3.05) is 13.2 Å². The number of hydrogen-bond acceptors (Lipinski definition) is 6. The van der Waals surface area contributed by atoms with Crippen LogP contribution in [-0.2, 0) is 28.6 Å². The van der Waals surface area contributed by atoms with E-state index in [-0.39, 0.29) is 31.1 Å². The van der Waals surface area contributed by atoms with Crippen LogP contribution in [0.3, 0.4) is 0 Å². The first-order valence-corrected chi connectivity index (χ1v) is 36.8. The molecule has 0 bridgehead atoms. The highest BCUT2D eigenvalue weighted by atomic mass is 16.6. The van der Waals surface area contributed by atoms with E-state index in [4.69, 9.17) is 14.2 Å². The highest BCUT2D eigenvalue weighted by molar-refractivity contribution is 5.71. The summed E-state index contributed by atoms with van der Waals surface area (Å²) in [6.45, 7) is 6.66. The van der Waals surface area contributed by atoms with Crippen LogP contribution in [0.5, 0.6) is 0 Å². The van der Waals surface area contributed by atoms with Crippen molar-refractivity contribution in [1.29, 1.82) is 0 Å². The van der Waals surface area contributed by atoms with Gasteiger partial charge in [-0.2, -0.15) is 0 Å². The fourth-order valence-electron chi connectivity index (χ4n) is 10.9. The van der Waals surface area contributed by atoms with E-state index in [1.165, 1.54) is 270 Å². The Morgan fingerprint density at radius 2 is 0.434 bits per heavy atom. The zero-order valence-corrected chi connectivity index (χ0v) is 55.7. The van der Waals surface area contributed by atoms with E-state index in [1.54, 1.807) is 0 Å². The van der Waals surface area contributed by atoms with Crippen LogP contribution in [0.15, 0.2) is 60.8 Å². The number of esters is 3. The average Bonchev–Trinajstić information content (AvgIpc) is 3.49. The van der Waals surface area contributed by atoms with Crippen molar-refractivity contribution in [3.63, 3.8) is 0 Å². The van der Waals surface area contributed by atoms with Crippen LogP contribution in [-0.4, -0.2) is 37.2 Å². The van der Waals surface area contributed by atoms with Gasteiger partial charge < -0.3 is 14.2 Å². The predicted molar refractivity (Wildman–Crippen MR) is 362 cm³/mol. The molecule has 0 radical (unpaired) electrons. The van der Waals surface area contributed by atoms with Crippen LogP contribution < -0.4 is 0 Å². The average molecular weight is 1160 g/mol. The molecular formula is C77H140O6. The summed E-state index contributed by atoms with van der Waals surface area (Å²) in [6.07, 6.45) is 92.5. The van der Waals surface area contributed by atoms with Crippen molar-refractivity contribution >= 4 is 17.9 Å². The van der Waals surface area contributed by atoms with Crippen molar-refractivity contribution in [2.24, 2.45) is 0 Å². The highest BCUT2D eigenvalue weighted by Crippen LogP contribution is 2.18. The highest BCUT2D eigenvalue weighted by Gasteiger charge is 2.19. The first-order chi connectivity index (χ1) is 41.0. The van der Waals surface area contributed by atoms with Crippen molar-refractivity contribution in [3.05, 3.63) is 60.8 Å². The third-order valence-electron chi connectivity index (χ3n) is 16.5. The van der Waals surface area contributed by atoms with Crippen molar-refractivity contribution in [2.45, 2.75) is 399 Å². The number of rotatable bonds is 68. The lowest BCUT2D eigenvalue weighted by Crippen LogP contribution is -2.30. The number of allylic oxidation sites excluding steroid dienone is 10. The quantitative estimate of drug-likeness (QED) is 0.0261. The normalized spacial score (nSPS) is 12.4. The molecule has 6 nitrogen and oxygen atoms in total. The van der Waals surface area contributed by atoms with Crippen LogP contribution >= 0.6 is 0 Å². The Kier molecular flexibility index (Phi) is 69.1. The number of ether oxygens (including phenoxy) is 3. The second-order valence-corrected chi connectivity index (χ2v) is 24.8. The number of hydrogen-bond donors (Lipinski definition) is 0. The molecule has 1 atom stereocenters. The van der Waals surface area contributed by atoms with E-state index in [9.17, 15) is 14.4 Å². The maximum absolute atomic E-state index is 13.0. The fourth-order valence-corrected chi connectivity index (χ4v) is 10.9. The van der Waals surface area contributed by atoms with Gasteiger partial charge in [0.15, 0.2) is 6.10 Å². The van der Waals surface area contributed by atoms with Gasteiger partial charge in [0, 0.05) is 19.3 Å². The molecule has 0 spiro atoms. The zero-order chi connectivity index (χ0) is 59.9. The molecule has 0 aliphatic carbocycles. The van der Waals surface area contributed by atoms with Crippen LogP contribution in [0, 0.1) is 0 Å². The Bertz CT molecular complexity index is 1470. The van der Waals surface area contributed by atoms with E-state index in [0.29, 0.717) is 19.3 Å². The Morgan fingerprint density at radius 3 is 0.711 bits per heavy atom. The predicted octanol–water partition coefficient (Wildman–Crippen LogP) is 25.5. The minimum atomic E-state index is -0.784. The lowest BCUT2D eigenvalue weighted by molar-refractivity contribution is -0.167. The molecule has 6 heteroatoms. The molecule has 0 aliphatic rings. The van der Waals surface area contributed by atoms with E-state index in [1.807, 2.05) is 0 Å². The van der Waals surface area contributed by atoms with Gasteiger partial charge in [0.1, 0.15) is 13.2 Å². The molecule has 0 aromatic heterocycles. The summed E-state index contributed by atoms with van der Waals surface area (Å²) in [4.78, 5) is 38.5. The molecule has 0 rings (SSSR count). The second-order valence-electron chi connectivity index (χ2n) is 24.8. The van der Waals surface area contributed by atoms with Gasteiger partial charge in [-0.3, -0.25) is 14.4 Å². The summed E-state index contributed by atoms with van der Waals surface area (Å²) in [5.41, 5.74) is 0. The molecular weight excluding hydrogens is 1020 g/mol. The second kappa shape index (κ2) is 71.6. The minimum absolute atomic E-state index is 0.0776. The number of carbonyl (C=O) groups excluding carboxylic acids is 3. The Morgan fingerprint density at radius 1 is 0.241 bits per heavy atom. The first-order valence-electron chi connectivity index (χ1n) is 36.8. The van der Waals surface area contributed by atoms with E-state index in [2.05, 4.69) is 81.5 Å². The smallest absolute Gasteiger partial charge is 0.306 e. The van der Waals surface area contributed by atoms with Crippen LogP contribution in [0.2, 0.25) is 0 Å². The zero-order valence-electron chi connectivity index (χ0n) is 55.7. The van der Waals surface area contributed by atoms with Gasteiger partial charge >= 0.3 is 17.9 Å². The minimum Gasteiger partial charge on any atom is -0.462 e. The third kappa shape index (κ3) is 69.8. The summed E-state index contributed by atoms with van der Waals surface area (Å²) in [5.74, 6) is -0.870. The van der Waals surface area contributed by atoms with E-state index in [0.717, 1.165) is 83.5 Å². The van der Waals surface area contributed by atoms with Gasteiger partial charge in [-0.25, -0.2) is 0 Å². The standard InChI is InChI=1S/C77H140O6/c1-4-7-10-13-16-19-22-25-28-31-33-34-35-36-37-38-39-40-41-42-44-46-49-52-55-58-61-64-67-70-76(79)82-73-74(72-81-75(78)69-66-63-60-57-54-51-48-45-30-27-24-21-18-15-12-9-6-3)83-77(80)71-68-65-62-59-56-53-50-47-43-32-29-26-23-20-17-14-11-8-5-2/h17,20,26-27,29-31,33,43,47,74H,4-16,18-19,21-25,28,32,34-42,44-46,48-73H2,1-3H3/b20-17-,29-26-,30-27-,33-31-,47-43-. The molecule has 0 fully saturated rings. The van der Waals surface area contributed by atoms with E-state index < -0.39 is 6.10 Å². The number of unbranched alkanes of at least 4 members (excludes halogenated alkanes) is 47. The van der Waals surface area contributed by atoms with Gasteiger partial charge in [0.2, 0.25) is 0 Å². The molecule has 1 unspecified atom stereocenters. The summed E-state index contributed by atoms with van der Waals surface area (Å²) in [6, 6.07) is 0. The van der Waals surface area contributed by atoms with E-state index >= 15 is 0 Å². The molecule has 83 heavy (non-hydrogen) atoms. The molecule has 0 saturated heterocycles. The summed E-state index contributed by atoms with van der Waals surface area (Å²) in [7, 11) is 0. The topological polar surface area (TPSA) is 78.9 Å². The maximum atomic E-state index is 13.0. The van der Waals surface area contributed by atoms with Crippen LogP contribution in [0.25, 0.3) is 0 Å². The first kappa shape index (κ1) is 80.1. The SMILES string of the molecule is CCCCC/C=C\C/C=C\C/C=C\CCCCCCCCC(=O)OC(COC(=O)CCCCCCCCC/C=C\CCCCCCCC)COC(=O)CCCCCCCCCCCCCCCCCCC/C=C\CCCCCCCCCC. The Labute approximate surface area is 517 Å². The van der Waals surface area contributed by atoms with Gasteiger partial charge in [-0.1, -0.05) is 326 Å². The largest absolute Gasteiger partial charge is 0.462 e. The monoisotopic (exact) mass is 1160 g/mol. The van der Waals surface area contributed by atoms with Crippen molar-refractivity contribution in [1.82, 2.24) is 0 Å². The lowest BCUT2D eigenvalue weighted by Gasteiger charge is -2.18. The molecule has 0 aliphatic heterocycles.